The maximum atomic E-state index is 11.9. The third-order valence-electron chi connectivity index (χ3n) is 2.62. The second-order valence-corrected chi connectivity index (χ2v) is 4.97. The van der Waals surface area contributed by atoms with Gasteiger partial charge in [-0.15, -0.1) is 6.42 Å². The molecule has 106 valence electrons. The monoisotopic (exact) mass is 304 g/mol. The topological polar surface area (TPSA) is 101 Å². The quantitative estimate of drug-likeness (QED) is 0.396. The Morgan fingerprint density at radius 3 is 2.81 bits per heavy atom. The molecule has 1 aliphatic rings. The van der Waals surface area contributed by atoms with Gasteiger partial charge in [-0.3, -0.25) is 24.6 Å². The number of carbonyl (C=O) groups excluding carboxylic acids is 2. The number of nitrogens with zero attached hydrogens (tertiary/aromatic N) is 2. The van der Waals surface area contributed by atoms with Crippen molar-refractivity contribution in [2.75, 3.05) is 6.54 Å². The molecule has 0 aliphatic carbocycles. The van der Waals surface area contributed by atoms with Crippen LogP contribution in [-0.2, 0) is 4.79 Å². The Morgan fingerprint density at radius 1 is 1.48 bits per heavy atom. The van der Waals surface area contributed by atoms with Crippen LogP contribution in [0.3, 0.4) is 0 Å². The summed E-state index contributed by atoms with van der Waals surface area (Å²) in [6.45, 7) is -0.127. The fourth-order valence-electron chi connectivity index (χ4n) is 1.66. The van der Waals surface area contributed by atoms with E-state index in [-0.39, 0.29) is 11.4 Å². The molecule has 2 amide bonds. The molecule has 0 aromatic heterocycles. The van der Waals surface area contributed by atoms with Gasteiger partial charge in [0, 0.05) is 6.07 Å². The van der Waals surface area contributed by atoms with Crippen LogP contribution in [0.4, 0.5) is 10.5 Å². The SMILES string of the molecule is C#CCN1C(=O)S/C(=C\c2ccc(O)c([N+](=O)[O-])c2)C1=O. The summed E-state index contributed by atoms with van der Waals surface area (Å²) in [5.74, 6) is 1.19. The van der Waals surface area contributed by atoms with Crippen LogP contribution in [0.15, 0.2) is 23.1 Å². The number of rotatable bonds is 3. The first-order valence-corrected chi connectivity index (χ1v) is 6.42. The highest BCUT2D eigenvalue weighted by Gasteiger charge is 2.34. The number of nitro groups is 1. The number of phenols is 1. The third kappa shape index (κ3) is 2.88. The lowest BCUT2D eigenvalue weighted by Crippen LogP contribution is -2.28. The number of nitro benzene ring substituents is 1. The summed E-state index contributed by atoms with van der Waals surface area (Å²) in [6, 6.07) is 3.66. The molecule has 1 N–H and O–H groups in total. The zero-order valence-electron chi connectivity index (χ0n) is 10.5. The predicted molar refractivity (Wildman–Crippen MR) is 76.3 cm³/mol. The van der Waals surface area contributed by atoms with Crippen molar-refractivity contribution < 1.29 is 19.6 Å². The first-order chi connectivity index (χ1) is 9.93. The lowest BCUT2D eigenvalue weighted by Gasteiger charge is -2.06. The van der Waals surface area contributed by atoms with Gasteiger partial charge in [0.05, 0.1) is 16.4 Å². The molecule has 1 fully saturated rings. The Labute approximate surface area is 123 Å². The summed E-state index contributed by atoms with van der Waals surface area (Å²) in [4.78, 5) is 34.5. The Bertz CT molecular complexity index is 720. The molecule has 0 saturated carbocycles. The van der Waals surface area contributed by atoms with Crippen LogP contribution < -0.4 is 0 Å². The number of benzene rings is 1. The van der Waals surface area contributed by atoms with Crippen molar-refractivity contribution in [1.29, 1.82) is 0 Å². The van der Waals surface area contributed by atoms with E-state index >= 15 is 0 Å². The Kier molecular flexibility index (Phi) is 3.95. The van der Waals surface area contributed by atoms with Gasteiger partial charge in [-0.25, -0.2) is 0 Å². The number of hydrogen-bond donors (Lipinski definition) is 1. The van der Waals surface area contributed by atoms with Crippen LogP contribution in [-0.4, -0.2) is 32.6 Å². The van der Waals surface area contributed by atoms with Crippen LogP contribution in [0.25, 0.3) is 6.08 Å². The largest absolute Gasteiger partial charge is 0.502 e. The second-order valence-electron chi connectivity index (χ2n) is 3.98. The summed E-state index contributed by atoms with van der Waals surface area (Å²) >= 11 is 0.706. The first kappa shape index (κ1) is 14.6. The van der Waals surface area contributed by atoms with Crippen molar-refractivity contribution in [3.8, 4) is 18.1 Å². The lowest BCUT2D eigenvalue weighted by atomic mass is 10.1. The van der Waals surface area contributed by atoms with Crippen molar-refractivity contribution in [2.45, 2.75) is 0 Å². The molecule has 1 aliphatic heterocycles. The molecule has 1 saturated heterocycles. The van der Waals surface area contributed by atoms with Crippen LogP contribution in [0.5, 0.6) is 5.75 Å². The number of imide groups is 1. The summed E-state index contributed by atoms with van der Waals surface area (Å²) in [7, 11) is 0. The van der Waals surface area contributed by atoms with Gasteiger partial charge in [-0.05, 0) is 29.5 Å². The molecule has 1 aromatic carbocycles. The Hall–Kier alpha value is -2.79. The fourth-order valence-corrected chi connectivity index (χ4v) is 2.49. The van der Waals surface area contributed by atoms with Gasteiger partial charge in [0.15, 0.2) is 5.75 Å². The highest BCUT2D eigenvalue weighted by molar-refractivity contribution is 8.18. The van der Waals surface area contributed by atoms with Crippen molar-refractivity contribution in [3.63, 3.8) is 0 Å². The molecular formula is C13H8N2O5S. The average molecular weight is 304 g/mol. The minimum Gasteiger partial charge on any atom is -0.502 e. The van der Waals surface area contributed by atoms with E-state index in [4.69, 9.17) is 6.42 Å². The normalized spacial score (nSPS) is 16.3. The molecule has 0 radical (unpaired) electrons. The summed E-state index contributed by atoms with van der Waals surface area (Å²) in [5.41, 5.74) is -0.155. The molecule has 2 rings (SSSR count). The zero-order valence-corrected chi connectivity index (χ0v) is 11.3. The van der Waals surface area contributed by atoms with Gasteiger partial charge in [-0.2, -0.15) is 0 Å². The minimum absolute atomic E-state index is 0.121. The predicted octanol–water partition coefficient (Wildman–Crippen LogP) is 1.97. The molecule has 7 nitrogen and oxygen atoms in total. The van der Waals surface area contributed by atoms with E-state index in [2.05, 4.69) is 5.92 Å². The smallest absolute Gasteiger partial charge is 0.311 e. The molecule has 0 bridgehead atoms. The van der Waals surface area contributed by atoms with Crippen LogP contribution in [0.1, 0.15) is 5.56 Å². The van der Waals surface area contributed by atoms with Gasteiger partial charge in [0.25, 0.3) is 11.1 Å². The van der Waals surface area contributed by atoms with E-state index in [1.165, 1.54) is 12.1 Å². The van der Waals surface area contributed by atoms with Crippen LogP contribution in [0, 0.1) is 22.5 Å². The van der Waals surface area contributed by atoms with E-state index in [0.29, 0.717) is 17.3 Å². The molecular weight excluding hydrogens is 296 g/mol. The van der Waals surface area contributed by atoms with E-state index in [0.717, 1.165) is 17.0 Å². The number of thioether (sulfide) groups is 1. The standard InChI is InChI=1S/C13H8N2O5S/c1-2-5-14-12(17)11(21-13(14)18)7-8-3-4-10(16)9(6-8)15(19)20/h1,3-4,6-7,16H,5H2/b11-7-. The molecule has 0 atom stereocenters. The summed E-state index contributed by atoms with van der Waals surface area (Å²) in [5, 5.41) is 19.6. The minimum atomic E-state index is -0.739. The van der Waals surface area contributed by atoms with E-state index in [9.17, 15) is 24.8 Å². The maximum absolute atomic E-state index is 11.9. The summed E-state index contributed by atoms with van der Waals surface area (Å²) in [6.07, 6.45) is 6.41. The molecule has 21 heavy (non-hydrogen) atoms. The zero-order chi connectivity index (χ0) is 15.6. The maximum Gasteiger partial charge on any atom is 0.311 e. The van der Waals surface area contributed by atoms with Crippen molar-refractivity contribution in [3.05, 3.63) is 38.8 Å². The lowest BCUT2D eigenvalue weighted by molar-refractivity contribution is -0.385. The molecule has 8 heteroatoms. The van der Waals surface area contributed by atoms with Gasteiger partial charge in [0.1, 0.15) is 0 Å². The molecule has 0 unspecified atom stereocenters. The molecule has 0 spiro atoms. The first-order valence-electron chi connectivity index (χ1n) is 5.60. The van der Waals surface area contributed by atoms with Crippen LogP contribution >= 0.6 is 11.8 Å². The highest BCUT2D eigenvalue weighted by atomic mass is 32.2. The number of terminal acetylenes is 1. The van der Waals surface area contributed by atoms with E-state index in [1.807, 2.05) is 0 Å². The Morgan fingerprint density at radius 2 is 2.19 bits per heavy atom. The number of amides is 2. The number of hydrogen-bond acceptors (Lipinski definition) is 6. The van der Waals surface area contributed by atoms with E-state index < -0.39 is 27.5 Å². The fraction of sp³-hybridized carbons (Fsp3) is 0.0769. The van der Waals surface area contributed by atoms with Crippen molar-refractivity contribution >= 4 is 34.7 Å². The Balaban J connectivity index is 2.35. The highest BCUT2D eigenvalue weighted by Crippen LogP contribution is 2.33. The average Bonchev–Trinajstić information content (AvgIpc) is 2.69. The van der Waals surface area contributed by atoms with Gasteiger partial charge in [-0.1, -0.05) is 12.0 Å². The van der Waals surface area contributed by atoms with Crippen LogP contribution in [0.2, 0.25) is 0 Å². The van der Waals surface area contributed by atoms with Gasteiger partial charge in [0.2, 0.25) is 0 Å². The van der Waals surface area contributed by atoms with Crippen molar-refractivity contribution in [1.82, 2.24) is 4.90 Å². The molecule has 1 aromatic rings. The summed E-state index contributed by atoms with van der Waals surface area (Å²) < 4.78 is 0. The number of phenolic OH excluding ortho intramolecular Hbond substituents is 1. The van der Waals surface area contributed by atoms with Gasteiger partial charge < -0.3 is 5.11 Å². The van der Waals surface area contributed by atoms with Gasteiger partial charge >= 0.3 is 5.69 Å². The van der Waals surface area contributed by atoms with Crippen molar-refractivity contribution in [2.24, 2.45) is 0 Å². The van der Waals surface area contributed by atoms with E-state index in [1.54, 1.807) is 0 Å². The molecule has 1 heterocycles. The second kappa shape index (κ2) is 5.68. The number of aromatic hydroxyl groups is 1. The third-order valence-corrected chi connectivity index (χ3v) is 3.52. The number of carbonyl (C=O) groups is 2.